The molecule has 1 aromatic heterocycles. The summed E-state index contributed by atoms with van der Waals surface area (Å²) in [5.41, 5.74) is 5.85. The summed E-state index contributed by atoms with van der Waals surface area (Å²) >= 11 is 0.957. The Bertz CT molecular complexity index is 963. The maximum atomic E-state index is 12.6. The molecule has 1 aromatic carbocycles. The maximum absolute atomic E-state index is 12.6. The van der Waals surface area contributed by atoms with Crippen LogP contribution in [0.3, 0.4) is 0 Å². The van der Waals surface area contributed by atoms with E-state index in [9.17, 15) is 14.4 Å². The van der Waals surface area contributed by atoms with Crippen molar-refractivity contribution in [3.63, 3.8) is 0 Å². The smallest absolute Gasteiger partial charge is 0.268 e. The van der Waals surface area contributed by atoms with Crippen LogP contribution in [0.5, 0.6) is 0 Å². The Morgan fingerprint density at radius 1 is 1.21 bits per heavy atom. The first-order chi connectivity index (χ1) is 13.3. The Morgan fingerprint density at radius 2 is 1.89 bits per heavy atom. The van der Waals surface area contributed by atoms with E-state index in [-0.39, 0.29) is 23.1 Å². The van der Waals surface area contributed by atoms with E-state index in [0.717, 1.165) is 28.7 Å². The summed E-state index contributed by atoms with van der Waals surface area (Å²) in [6.07, 6.45) is 2.44. The molecular weight excluding hydrogens is 374 g/mol. The summed E-state index contributed by atoms with van der Waals surface area (Å²) in [5, 5.41) is -0.239. The van der Waals surface area contributed by atoms with E-state index in [0.29, 0.717) is 16.9 Å². The predicted octanol–water partition coefficient (Wildman–Crippen LogP) is 4.32. The number of hydrogen-bond acceptors (Lipinski definition) is 4. The minimum Gasteiger partial charge on any atom is -0.268 e. The molecule has 1 fully saturated rings. The Kier molecular flexibility index (Phi) is 5.74. The van der Waals surface area contributed by atoms with Gasteiger partial charge in [-0.3, -0.25) is 29.4 Å². The highest BCUT2D eigenvalue weighted by Crippen LogP contribution is 2.34. The van der Waals surface area contributed by atoms with E-state index >= 15 is 0 Å². The summed E-state index contributed by atoms with van der Waals surface area (Å²) < 4.78 is 1.69. The minimum absolute atomic E-state index is 0.129. The first-order valence-electron chi connectivity index (χ1n) is 9.15. The van der Waals surface area contributed by atoms with Gasteiger partial charge in [0.2, 0.25) is 0 Å². The largest absolute Gasteiger partial charge is 0.293 e. The number of aryl methyl sites for hydroxylation is 1. The number of nitrogens with zero attached hydrogens (tertiary/aromatic N) is 2. The fourth-order valence-corrected chi connectivity index (χ4v) is 3.97. The number of hydrogen-bond donors (Lipinski definition) is 1. The zero-order chi connectivity index (χ0) is 20.4. The molecule has 1 saturated heterocycles. The van der Waals surface area contributed by atoms with Crippen molar-refractivity contribution in [2.24, 2.45) is 0 Å². The standard InChI is InChI=1S/C21H23N3O3S/c1-5-13(2)23-20(26)18(28-21(23)27)12-17-11-14(3)24(15(17)4)22-19(25)16-9-7-6-8-10-16/h6-13H,5H2,1-4H3,(H,22,25)/b18-12+/t13-/m1/s1. The molecule has 3 amide bonds. The lowest BCUT2D eigenvalue weighted by molar-refractivity contribution is -0.124. The van der Waals surface area contributed by atoms with E-state index in [1.165, 1.54) is 4.90 Å². The van der Waals surface area contributed by atoms with Gasteiger partial charge < -0.3 is 0 Å². The molecule has 7 heteroatoms. The molecule has 146 valence electrons. The highest BCUT2D eigenvalue weighted by molar-refractivity contribution is 8.18. The lowest BCUT2D eigenvalue weighted by Crippen LogP contribution is -2.36. The molecule has 3 rings (SSSR count). The highest BCUT2D eigenvalue weighted by Gasteiger charge is 2.37. The summed E-state index contributed by atoms with van der Waals surface area (Å²) in [6, 6.07) is 10.7. The molecule has 1 aliphatic rings. The number of imide groups is 1. The molecule has 0 saturated carbocycles. The molecule has 1 N–H and O–H groups in total. The second-order valence-corrected chi connectivity index (χ2v) is 7.77. The van der Waals surface area contributed by atoms with E-state index in [2.05, 4.69) is 5.43 Å². The van der Waals surface area contributed by atoms with Crippen LogP contribution in [0.15, 0.2) is 41.3 Å². The van der Waals surface area contributed by atoms with Gasteiger partial charge in [-0.15, -0.1) is 0 Å². The van der Waals surface area contributed by atoms with Gasteiger partial charge in [0, 0.05) is 23.0 Å². The van der Waals surface area contributed by atoms with Crippen molar-refractivity contribution < 1.29 is 14.4 Å². The van der Waals surface area contributed by atoms with Gasteiger partial charge in [-0.25, -0.2) is 0 Å². The van der Waals surface area contributed by atoms with Crippen molar-refractivity contribution in [1.29, 1.82) is 0 Å². The number of aromatic nitrogens is 1. The van der Waals surface area contributed by atoms with Crippen molar-refractivity contribution in [2.75, 3.05) is 5.43 Å². The Balaban J connectivity index is 1.86. The number of amides is 3. The normalized spacial score (nSPS) is 16.7. The zero-order valence-electron chi connectivity index (χ0n) is 16.4. The van der Waals surface area contributed by atoms with E-state index < -0.39 is 0 Å². The second kappa shape index (κ2) is 8.06. The number of thioether (sulfide) groups is 1. The van der Waals surface area contributed by atoms with Crippen LogP contribution in [0.2, 0.25) is 0 Å². The van der Waals surface area contributed by atoms with Crippen LogP contribution in [0, 0.1) is 13.8 Å². The van der Waals surface area contributed by atoms with Gasteiger partial charge in [-0.2, -0.15) is 0 Å². The van der Waals surface area contributed by atoms with E-state index in [1.807, 2.05) is 52.0 Å². The van der Waals surface area contributed by atoms with Crippen LogP contribution >= 0.6 is 11.8 Å². The van der Waals surface area contributed by atoms with Gasteiger partial charge in [0.05, 0.1) is 4.91 Å². The molecule has 2 heterocycles. The number of benzene rings is 1. The van der Waals surface area contributed by atoms with Crippen LogP contribution in [0.25, 0.3) is 6.08 Å². The molecular formula is C21H23N3O3S. The van der Waals surface area contributed by atoms with Crippen LogP contribution in [0.4, 0.5) is 4.79 Å². The van der Waals surface area contributed by atoms with Crippen molar-refractivity contribution in [3.8, 4) is 0 Å². The van der Waals surface area contributed by atoms with E-state index in [1.54, 1.807) is 22.9 Å². The third-order valence-electron chi connectivity index (χ3n) is 4.86. The number of nitrogens with one attached hydrogen (secondary N) is 1. The first kappa shape index (κ1) is 19.9. The lowest BCUT2D eigenvalue weighted by Gasteiger charge is -2.19. The van der Waals surface area contributed by atoms with Gasteiger partial charge in [0.25, 0.3) is 17.1 Å². The second-order valence-electron chi connectivity index (χ2n) is 6.78. The minimum atomic E-state index is -0.262. The van der Waals surface area contributed by atoms with Gasteiger partial charge in [0.15, 0.2) is 0 Å². The first-order valence-corrected chi connectivity index (χ1v) is 9.97. The summed E-state index contributed by atoms with van der Waals surface area (Å²) in [7, 11) is 0. The third-order valence-corrected chi connectivity index (χ3v) is 5.75. The summed E-state index contributed by atoms with van der Waals surface area (Å²) in [4.78, 5) is 39.0. The van der Waals surface area contributed by atoms with E-state index in [4.69, 9.17) is 0 Å². The predicted molar refractivity (Wildman–Crippen MR) is 112 cm³/mol. The third kappa shape index (κ3) is 3.75. The van der Waals surface area contributed by atoms with Crippen LogP contribution in [-0.2, 0) is 4.79 Å². The quantitative estimate of drug-likeness (QED) is 0.763. The number of carbonyl (C=O) groups is 3. The zero-order valence-corrected chi connectivity index (χ0v) is 17.2. The van der Waals surface area contributed by atoms with Gasteiger partial charge in [-0.05, 0) is 68.8 Å². The summed E-state index contributed by atoms with van der Waals surface area (Å²) in [5.74, 6) is -0.478. The molecule has 0 bridgehead atoms. The van der Waals surface area contributed by atoms with Gasteiger partial charge in [0.1, 0.15) is 0 Å². The highest BCUT2D eigenvalue weighted by atomic mass is 32.2. The molecule has 6 nitrogen and oxygen atoms in total. The number of carbonyl (C=O) groups excluding carboxylic acids is 3. The monoisotopic (exact) mass is 397 g/mol. The molecule has 0 spiro atoms. The van der Waals surface area contributed by atoms with Gasteiger partial charge in [-0.1, -0.05) is 25.1 Å². The SMILES string of the molecule is CC[C@@H](C)N1C(=O)S/C(=C/c2cc(C)n(NC(=O)c3ccccc3)c2C)C1=O. The van der Waals surface area contributed by atoms with Crippen LogP contribution in [0.1, 0.15) is 47.6 Å². The van der Waals surface area contributed by atoms with Crippen molar-refractivity contribution in [2.45, 2.75) is 40.2 Å². The molecule has 1 atom stereocenters. The molecule has 0 radical (unpaired) electrons. The average molecular weight is 398 g/mol. The van der Waals surface area contributed by atoms with Crippen LogP contribution < -0.4 is 5.43 Å². The Hall–Kier alpha value is -2.80. The Labute approximate surface area is 168 Å². The topological polar surface area (TPSA) is 71.4 Å². The lowest BCUT2D eigenvalue weighted by atomic mass is 10.2. The number of rotatable bonds is 5. The fraction of sp³-hybridized carbons (Fsp3) is 0.286. The Morgan fingerprint density at radius 3 is 2.54 bits per heavy atom. The molecule has 0 aliphatic carbocycles. The molecule has 28 heavy (non-hydrogen) atoms. The van der Waals surface area contributed by atoms with Gasteiger partial charge >= 0.3 is 0 Å². The van der Waals surface area contributed by atoms with Crippen molar-refractivity contribution >= 4 is 34.9 Å². The molecule has 2 aromatic rings. The molecule has 1 aliphatic heterocycles. The van der Waals surface area contributed by atoms with Crippen molar-refractivity contribution in [1.82, 2.24) is 9.58 Å². The molecule has 0 unspecified atom stereocenters. The van der Waals surface area contributed by atoms with Crippen LogP contribution in [-0.4, -0.2) is 32.7 Å². The van der Waals surface area contributed by atoms with Crippen molar-refractivity contribution in [3.05, 3.63) is 63.8 Å². The fourth-order valence-electron chi connectivity index (χ4n) is 3.05. The maximum Gasteiger partial charge on any atom is 0.293 e. The summed E-state index contributed by atoms with van der Waals surface area (Å²) in [6.45, 7) is 7.55. The average Bonchev–Trinajstić information content (AvgIpc) is 3.11.